The molecular formula is C14H17Cl2N3O2. The molecule has 4 N–H and O–H groups in total. The number of benzene rings is 1. The van der Waals surface area contributed by atoms with Crippen LogP contribution in [0, 0.1) is 5.41 Å². The maximum absolute atomic E-state index is 11.7. The molecule has 0 saturated carbocycles. The van der Waals surface area contributed by atoms with E-state index in [0.29, 0.717) is 16.4 Å². The lowest BCUT2D eigenvalue weighted by Gasteiger charge is -2.18. The van der Waals surface area contributed by atoms with Crippen molar-refractivity contribution in [3.63, 3.8) is 0 Å². The van der Waals surface area contributed by atoms with Crippen LogP contribution in [0.15, 0.2) is 30.0 Å². The quantitative estimate of drug-likeness (QED) is 0.725. The molecule has 0 spiro atoms. The summed E-state index contributed by atoms with van der Waals surface area (Å²) in [6.07, 6.45) is 1.18. The van der Waals surface area contributed by atoms with E-state index in [2.05, 4.69) is 10.6 Å². The van der Waals surface area contributed by atoms with Crippen LogP contribution in [0.25, 0.3) is 0 Å². The molecule has 1 aromatic rings. The smallest absolute Gasteiger partial charge is 0.326 e. The number of anilines is 1. The minimum Gasteiger partial charge on any atom is -0.401 e. The Bertz CT molecular complexity index is 592. The summed E-state index contributed by atoms with van der Waals surface area (Å²) >= 11 is 11.8. The fourth-order valence-electron chi connectivity index (χ4n) is 1.26. The van der Waals surface area contributed by atoms with Crippen LogP contribution < -0.4 is 16.4 Å². The summed E-state index contributed by atoms with van der Waals surface area (Å²) < 4.78 is 0. The summed E-state index contributed by atoms with van der Waals surface area (Å²) in [5.74, 6) is -0.613. The topological polar surface area (TPSA) is 84.2 Å². The van der Waals surface area contributed by atoms with Gasteiger partial charge in [0, 0.05) is 17.2 Å². The Hall–Kier alpha value is -1.72. The average molecular weight is 330 g/mol. The number of urea groups is 1. The van der Waals surface area contributed by atoms with Crippen molar-refractivity contribution in [3.8, 4) is 0 Å². The molecule has 114 valence electrons. The van der Waals surface area contributed by atoms with Gasteiger partial charge in [-0.25, -0.2) is 4.79 Å². The summed E-state index contributed by atoms with van der Waals surface area (Å²) in [5.41, 5.74) is 6.07. The normalized spacial score (nSPS) is 12.0. The Labute approximate surface area is 133 Å². The van der Waals surface area contributed by atoms with Gasteiger partial charge in [0.25, 0.3) is 5.91 Å². The van der Waals surface area contributed by atoms with Crippen LogP contribution in [0.3, 0.4) is 0 Å². The van der Waals surface area contributed by atoms with E-state index in [1.54, 1.807) is 18.2 Å². The summed E-state index contributed by atoms with van der Waals surface area (Å²) in [6.45, 7) is 5.58. The molecule has 1 aromatic carbocycles. The van der Waals surface area contributed by atoms with Crippen molar-refractivity contribution in [1.29, 1.82) is 0 Å². The van der Waals surface area contributed by atoms with Gasteiger partial charge in [0.15, 0.2) is 0 Å². The van der Waals surface area contributed by atoms with Crippen LogP contribution in [-0.2, 0) is 4.79 Å². The molecule has 0 heterocycles. The highest BCUT2D eigenvalue weighted by Gasteiger charge is 2.16. The van der Waals surface area contributed by atoms with Crippen LogP contribution in [-0.4, -0.2) is 11.9 Å². The van der Waals surface area contributed by atoms with Gasteiger partial charge in [-0.3, -0.25) is 10.1 Å². The predicted molar refractivity (Wildman–Crippen MR) is 85.3 cm³/mol. The number of halogens is 2. The van der Waals surface area contributed by atoms with Gasteiger partial charge >= 0.3 is 6.03 Å². The fourth-order valence-corrected chi connectivity index (χ4v) is 1.61. The average Bonchev–Trinajstić information content (AvgIpc) is 2.33. The molecule has 0 aliphatic carbocycles. The number of carbonyl (C=O) groups is 2. The molecule has 0 fully saturated rings. The number of nitrogens with two attached hydrogens (primary N) is 1. The lowest BCUT2D eigenvalue weighted by molar-refractivity contribution is -0.115. The van der Waals surface area contributed by atoms with E-state index < -0.39 is 11.9 Å². The standard InChI is InChI=1S/C14H17Cl2N3O2/c1-14(2,3)10(17)7-11(20)19-13(21)18-9-6-4-5-8(15)12(9)16/h4-7H,17H2,1-3H3,(H2,18,19,20,21). The molecule has 0 saturated heterocycles. The van der Waals surface area contributed by atoms with Crippen molar-refractivity contribution in [2.24, 2.45) is 11.1 Å². The molecule has 21 heavy (non-hydrogen) atoms. The first kappa shape index (κ1) is 17.3. The number of rotatable bonds is 2. The van der Waals surface area contributed by atoms with Gasteiger partial charge in [-0.1, -0.05) is 50.0 Å². The van der Waals surface area contributed by atoms with Crippen LogP contribution in [0.1, 0.15) is 20.8 Å². The van der Waals surface area contributed by atoms with Gasteiger partial charge < -0.3 is 11.1 Å². The van der Waals surface area contributed by atoms with Crippen molar-refractivity contribution < 1.29 is 9.59 Å². The highest BCUT2D eigenvalue weighted by molar-refractivity contribution is 6.44. The summed E-state index contributed by atoms with van der Waals surface area (Å²) in [6, 6.07) is 4.06. The van der Waals surface area contributed by atoms with E-state index in [1.807, 2.05) is 20.8 Å². The Morgan fingerprint density at radius 1 is 1.24 bits per heavy atom. The van der Waals surface area contributed by atoms with Crippen LogP contribution in [0.4, 0.5) is 10.5 Å². The maximum atomic E-state index is 11.7. The van der Waals surface area contributed by atoms with Gasteiger partial charge in [0.05, 0.1) is 15.7 Å². The Kier molecular flexibility index (Phi) is 5.63. The van der Waals surface area contributed by atoms with E-state index in [4.69, 9.17) is 28.9 Å². The summed E-state index contributed by atoms with van der Waals surface area (Å²) in [5, 5.41) is 5.07. The number of allylic oxidation sites excluding steroid dienone is 1. The molecule has 0 radical (unpaired) electrons. The molecule has 0 atom stereocenters. The third kappa shape index (κ3) is 5.28. The Morgan fingerprint density at radius 2 is 1.86 bits per heavy atom. The van der Waals surface area contributed by atoms with Crippen molar-refractivity contribution >= 4 is 40.8 Å². The molecule has 7 heteroatoms. The Balaban J connectivity index is 2.70. The van der Waals surface area contributed by atoms with Gasteiger partial charge in [0.1, 0.15) is 0 Å². The fraction of sp³-hybridized carbons (Fsp3) is 0.286. The van der Waals surface area contributed by atoms with Crippen LogP contribution in [0.2, 0.25) is 10.0 Å². The predicted octanol–water partition coefficient (Wildman–Crippen LogP) is 3.53. The molecule has 1 rings (SSSR count). The van der Waals surface area contributed by atoms with Gasteiger partial charge in [0.2, 0.25) is 0 Å². The lowest BCUT2D eigenvalue weighted by Crippen LogP contribution is -2.34. The van der Waals surface area contributed by atoms with E-state index >= 15 is 0 Å². The highest BCUT2D eigenvalue weighted by Crippen LogP contribution is 2.29. The zero-order valence-electron chi connectivity index (χ0n) is 12.0. The van der Waals surface area contributed by atoms with Gasteiger partial charge in [-0.15, -0.1) is 0 Å². The molecule has 5 nitrogen and oxygen atoms in total. The van der Waals surface area contributed by atoms with E-state index in [0.717, 1.165) is 0 Å². The number of nitrogens with one attached hydrogen (secondary N) is 2. The SMILES string of the molecule is CC(C)(C)C(N)=CC(=O)NC(=O)Nc1cccc(Cl)c1Cl. The summed E-state index contributed by atoms with van der Waals surface area (Å²) in [4.78, 5) is 23.4. The zero-order chi connectivity index (χ0) is 16.2. The first-order chi connectivity index (χ1) is 9.61. The van der Waals surface area contributed by atoms with E-state index in [-0.39, 0.29) is 10.4 Å². The first-order valence-corrected chi connectivity index (χ1v) is 6.90. The van der Waals surface area contributed by atoms with Gasteiger partial charge in [-0.05, 0) is 12.1 Å². The molecule has 0 aliphatic rings. The lowest BCUT2D eigenvalue weighted by atomic mass is 9.92. The van der Waals surface area contributed by atoms with Crippen molar-refractivity contribution in [2.45, 2.75) is 20.8 Å². The third-order valence-electron chi connectivity index (χ3n) is 2.59. The minimum absolute atomic E-state index is 0.200. The molecule has 3 amide bonds. The third-order valence-corrected chi connectivity index (χ3v) is 3.41. The van der Waals surface area contributed by atoms with E-state index in [9.17, 15) is 9.59 Å². The van der Waals surface area contributed by atoms with E-state index in [1.165, 1.54) is 6.08 Å². The second-order valence-corrected chi connectivity index (χ2v) is 6.18. The summed E-state index contributed by atoms with van der Waals surface area (Å²) in [7, 11) is 0. The molecule has 0 unspecified atom stereocenters. The largest absolute Gasteiger partial charge is 0.401 e. The van der Waals surface area contributed by atoms with Crippen molar-refractivity contribution in [2.75, 3.05) is 5.32 Å². The number of hydrogen-bond acceptors (Lipinski definition) is 3. The highest BCUT2D eigenvalue weighted by atomic mass is 35.5. The minimum atomic E-state index is -0.720. The van der Waals surface area contributed by atoms with Gasteiger partial charge in [-0.2, -0.15) is 0 Å². The molecule has 0 aromatic heterocycles. The second kappa shape index (κ2) is 6.83. The van der Waals surface area contributed by atoms with Crippen molar-refractivity contribution in [1.82, 2.24) is 5.32 Å². The number of amides is 3. The van der Waals surface area contributed by atoms with Crippen LogP contribution in [0.5, 0.6) is 0 Å². The molecule has 0 bridgehead atoms. The zero-order valence-corrected chi connectivity index (χ0v) is 13.5. The van der Waals surface area contributed by atoms with Crippen LogP contribution >= 0.6 is 23.2 Å². The van der Waals surface area contributed by atoms with Crippen molar-refractivity contribution in [3.05, 3.63) is 40.0 Å². The molecule has 0 aliphatic heterocycles. The maximum Gasteiger partial charge on any atom is 0.326 e. The number of hydrogen-bond donors (Lipinski definition) is 3. The number of imide groups is 1. The second-order valence-electron chi connectivity index (χ2n) is 5.39. The first-order valence-electron chi connectivity index (χ1n) is 6.15. The molecular weight excluding hydrogens is 313 g/mol. The number of carbonyl (C=O) groups excluding carboxylic acids is 2. The monoisotopic (exact) mass is 329 g/mol. The Morgan fingerprint density at radius 3 is 2.43 bits per heavy atom.